The van der Waals surface area contributed by atoms with E-state index >= 15 is 0 Å². The van der Waals surface area contributed by atoms with Crippen LogP contribution in [0.4, 0.5) is 0 Å². The number of nitrogens with zero attached hydrogens (tertiary/aromatic N) is 1. The van der Waals surface area contributed by atoms with Crippen LogP contribution in [-0.2, 0) is 9.53 Å². The van der Waals surface area contributed by atoms with Crippen molar-refractivity contribution in [1.82, 2.24) is 4.90 Å². The lowest BCUT2D eigenvalue weighted by Crippen LogP contribution is -2.44. The number of aryl methyl sites for hydroxylation is 1. The second-order valence-electron chi connectivity index (χ2n) is 4.98. The third-order valence-electron chi connectivity index (χ3n) is 3.47. The standard InChI is InChI=1S/C14H16BrNO4/c1-8-3-9(5-10(15)4-8)13(17)16(2)12-7-20-6-11(12)14(18)19/h3-5,11-12H,6-7H2,1-2H3,(H,18,19). The molecule has 5 nitrogen and oxygen atoms in total. The number of hydrogen-bond donors (Lipinski definition) is 1. The summed E-state index contributed by atoms with van der Waals surface area (Å²) in [5, 5.41) is 9.15. The van der Waals surface area contributed by atoms with Gasteiger partial charge in [0.1, 0.15) is 5.92 Å². The van der Waals surface area contributed by atoms with E-state index in [2.05, 4.69) is 15.9 Å². The summed E-state index contributed by atoms with van der Waals surface area (Å²) >= 11 is 3.36. The van der Waals surface area contributed by atoms with E-state index < -0.39 is 17.9 Å². The summed E-state index contributed by atoms with van der Waals surface area (Å²) < 4.78 is 6.03. The van der Waals surface area contributed by atoms with Crippen molar-refractivity contribution in [2.24, 2.45) is 5.92 Å². The third-order valence-corrected chi connectivity index (χ3v) is 3.93. The zero-order valence-corrected chi connectivity index (χ0v) is 12.9. The van der Waals surface area contributed by atoms with E-state index in [4.69, 9.17) is 9.84 Å². The normalized spacial score (nSPS) is 21.8. The van der Waals surface area contributed by atoms with Crippen LogP contribution in [0.1, 0.15) is 15.9 Å². The van der Waals surface area contributed by atoms with Crippen LogP contribution in [0.15, 0.2) is 22.7 Å². The lowest BCUT2D eigenvalue weighted by molar-refractivity contribution is -0.142. The number of carbonyl (C=O) groups excluding carboxylic acids is 1. The quantitative estimate of drug-likeness (QED) is 0.912. The molecule has 2 atom stereocenters. The van der Waals surface area contributed by atoms with Gasteiger partial charge in [0.05, 0.1) is 19.3 Å². The predicted octanol–water partition coefficient (Wildman–Crippen LogP) is 1.93. The lowest BCUT2D eigenvalue weighted by Gasteiger charge is -2.26. The Hall–Kier alpha value is -1.40. The molecule has 0 radical (unpaired) electrons. The fourth-order valence-corrected chi connectivity index (χ4v) is 2.98. The molecule has 0 aromatic heterocycles. The molecule has 108 valence electrons. The fraction of sp³-hybridized carbons (Fsp3) is 0.429. The Bertz CT molecular complexity index is 526. The number of carboxylic acid groups (broad SMARTS) is 1. The van der Waals surface area contributed by atoms with Gasteiger partial charge >= 0.3 is 5.97 Å². The number of amides is 1. The number of likely N-dealkylation sites (N-methyl/N-ethyl adjacent to an activating group) is 1. The molecule has 0 spiro atoms. The first kappa shape index (κ1) is 15.0. The van der Waals surface area contributed by atoms with Gasteiger partial charge in [-0.15, -0.1) is 0 Å². The molecule has 1 aromatic carbocycles. The molecular formula is C14H16BrNO4. The average Bonchev–Trinajstić information content (AvgIpc) is 2.85. The van der Waals surface area contributed by atoms with Gasteiger partial charge in [0.2, 0.25) is 0 Å². The summed E-state index contributed by atoms with van der Waals surface area (Å²) in [5.41, 5.74) is 1.50. The molecule has 0 aliphatic carbocycles. The van der Waals surface area contributed by atoms with Crippen LogP contribution in [0.3, 0.4) is 0 Å². The predicted molar refractivity (Wildman–Crippen MR) is 76.7 cm³/mol. The van der Waals surface area contributed by atoms with Crippen LogP contribution in [0.2, 0.25) is 0 Å². The van der Waals surface area contributed by atoms with Gasteiger partial charge in [-0.1, -0.05) is 15.9 Å². The highest BCUT2D eigenvalue weighted by Crippen LogP contribution is 2.22. The molecule has 2 rings (SSSR count). The molecule has 1 fully saturated rings. The van der Waals surface area contributed by atoms with E-state index in [-0.39, 0.29) is 19.1 Å². The van der Waals surface area contributed by atoms with E-state index in [1.165, 1.54) is 4.90 Å². The van der Waals surface area contributed by atoms with Crippen molar-refractivity contribution < 1.29 is 19.4 Å². The molecule has 0 saturated carbocycles. The minimum atomic E-state index is -0.933. The van der Waals surface area contributed by atoms with Crippen LogP contribution < -0.4 is 0 Å². The lowest BCUT2D eigenvalue weighted by atomic mass is 10.0. The van der Waals surface area contributed by atoms with Crippen molar-refractivity contribution >= 4 is 27.8 Å². The van der Waals surface area contributed by atoms with Crippen LogP contribution in [-0.4, -0.2) is 48.2 Å². The van der Waals surface area contributed by atoms with Crippen LogP contribution in [0, 0.1) is 12.8 Å². The fourth-order valence-electron chi connectivity index (χ4n) is 2.37. The Morgan fingerprint density at radius 1 is 1.35 bits per heavy atom. The first-order valence-corrected chi connectivity index (χ1v) is 7.04. The number of carbonyl (C=O) groups is 2. The Balaban J connectivity index is 2.22. The first-order valence-electron chi connectivity index (χ1n) is 6.25. The summed E-state index contributed by atoms with van der Waals surface area (Å²) in [4.78, 5) is 25.1. The molecule has 1 saturated heterocycles. The molecule has 1 aromatic rings. The average molecular weight is 342 g/mol. The van der Waals surface area contributed by atoms with Crippen molar-refractivity contribution in [2.75, 3.05) is 20.3 Å². The highest BCUT2D eigenvalue weighted by molar-refractivity contribution is 9.10. The molecule has 20 heavy (non-hydrogen) atoms. The smallest absolute Gasteiger partial charge is 0.311 e. The highest BCUT2D eigenvalue weighted by atomic mass is 79.9. The Morgan fingerprint density at radius 3 is 2.65 bits per heavy atom. The second-order valence-corrected chi connectivity index (χ2v) is 5.90. The molecule has 2 unspecified atom stereocenters. The monoisotopic (exact) mass is 341 g/mol. The van der Waals surface area contributed by atoms with Gasteiger partial charge < -0.3 is 14.7 Å². The maximum Gasteiger partial charge on any atom is 0.311 e. The zero-order valence-electron chi connectivity index (χ0n) is 11.3. The molecule has 1 heterocycles. The topological polar surface area (TPSA) is 66.8 Å². The van der Waals surface area contributed by atoms with Crippen LogP contribution >= 0.6 is 15.9 Å². The summed E-state index contributed by atoms with van der Waals surface area (Å²) in [6.45, 7) is 2.31. The highest BCUT2D eigenvalue weighted by Gasteiger charge is 2.38. The van der Waals surface area contributed by atoms with E-state index in [0.29, 0.717) is 5.56 Å². The number of aliphatic carboxylic acids is 1. The molecule has 0 bridgehead atoms. The van der Waals surface area contributed by atoms with Crippen LogP contribution in [0.5, 0.6) is 0 Å². The summed E-state index contributed by atoms with van der Waals surface area (Å²) in [7, 11) is 1.62. The van der Waals surface area contributed by atoms with Gasteiger partial charge in [0, 0.05) is 17.1 Å². The largest absolute Gasteiger partial charge is 0.481 e. The van der Waals surface area contributed by atoms with Crippen molar-refractivity contribution in [3.05, 3.63) is 33.8 Å². The first-order chi connectivity index (χ1) is 9.40. The van der Waals surface area contributed by atoms with Gasteiger partial charge in [-0.25, -0.2) is 0 Å². The Kier molecular flexibility index (Phi) is 4.45. The molecule has 1 amide bonds. The molecule has 1 N–H and O–H groups in total. The number of halogens is 1. The number of carboxylic acids is 1. The third kappa shape index (κ3) is 3.02. The minimum Gasteiger partial charge on any atom is -0.481 e. The number of ether oxygens (including phenoxy) is 1. The van der Waals surface area contributed by atoms with Crippen LogP contribution in [0.25, 0.3) is 0 Å². The summed E-state index contributed by atoms with van der Waals surface area (Å²) in [5.74, 6) is -1.80. The number of rotatable bonds is 3. The maximum atomic E-state index is 12.5. The zero-order chi connectivity index (χ0) is 14.9. The molecular weight excluding hydrogens is 326 g/mol. The van der Waals surface area contributed by atoms with Crippen molar-refractivity contribution in [1.29, 1.82) is 0 Å². The van der Waals surface area contributed by atoms with Gasteiger partial charge in [-0.05, 0) is 30.7 Å². The van der Waals surface area contributed by atoms with Gasteiger partial charge in [0.25, 0.3) is 5.91 Å². The number of hydrogen-bond acceptors (Lipinski definition) is 3. The van der Waals surface area contributed by atoms with Gasteiger partial charge in [0.15, 0.2) is 0 Å². The SMILES string of the molecule is Cc1cc(Br)cc(C(=O)N(C)C2COCC2C(=O)O)c1. The Labute approximate surface area is 125 Å². The van der Waals surface area contributed by atoms with Gasteiger partial charge in [-0.3, -0.25) is 9.59 Å². The van der Waals surface area contributed by atoms with E-state index in [0.717, 1.165) is 10.0 Å². The molecule has 1 aliphatic rings. The Morgan fingerprint density at radius 2 is 2.05 bits per heavy atom. The second kappa shape index (κ2) is 5.93. The van der Waals surface area contributed by atoms with Gasteiger partial charge in [-0.2, -0.15) is 0 Å². The minimum absolute atomic E-state index is 0.148. The van der Waals surface area contributed by atoms with E-state index in [1.54, 1.807) is 19.2 Å². The molecule has 1 aliphatic heterocycles. The maximum absolute atomic E-state index is 12.5. The summed E-state index contributed by atoms with van der Waals surface area (Å²) in [6, 6.07) is 5.00. The van der Waals surface area contributed by atoms with Crippen molar-refractivity contribution in [2.45, 2.75) is 13.0 Å². The number of benzene rings is 1. The van der Waals surface area contributed by atoms with E-state index in [1.807, 2.05) is 13.0 Å². The van der Waals surface area contributed by atoms with E-state index in [9.17, 15) is 9.59 Å². The van der Waals surface area contributed by atoms with Crippen molar-refractivity contribution in [3.63, 3.8) is 0 Å². The van der Waals surface area contributed by atoms with Crippen molar-refractivity contribution in [3.8, 4) is 0 Å². The molecule has 6 heteroatoms. The summed E-state index contributed by atoms with van der Waals surface area (Å²) in [6.07, 6.45) is 0.